The molecular weight excluding hydrogens is 1010 g/mol. The number of hydrogen-bond acceptors (Lipinski definition) is 3. The van der Waals surface area contributed by atoms with Crippen molar-refractivity contribution in [3.05, 3.63) is 173 Å². The van der Waals surface area contributed by atoms with Crippen LogP contribution in [0.3, 0.4) is 0 Å². The molecule has 0 saturated heterocycles. The smallest absolute Gasteiger partial charge is 0.120 e. The minimum atomic E-state index is -2.41. The molecule has 1 fully saturated rings. The number of aryl methyl sites for hydroxylation is 2. The van der Waals surface area contributed by atoms with Crippen LogP contribution in [0.4, 0.5) is 0 Å². The molecule has 1 aliphatic rings. The molecule has 9 aromatic rings. The largest absolute Gasteiger partial charge is 0.501 e. The van der Waals surface area contributed by atoms with E-state index in [4.69, 9.17) is 20.4 Å². The number of benzene rings is 6. The molecule has 0 atom stereocenters. The first-order valence-electron chi connectivity index (χ1n) is 28.8. The molecule has 0 amide bonds. The van der Waals surface area contributed by atoms with Crippen molar-refractivity contribution in [1.82, 2.24) is 14.5 Å². The molecule has 351 valence electrons. The van der Waals surface area contributed by atoms with Crippen molar-refractivity contribution < 1.29 is 39.6 Å². The normalized spacial score (nSPS) is 17.9. The summed E-state index contributed by atoms with van der Waals surface area (Å²) >= 11 is 0. The Morgan fingerprint density at radius 1 is 0.838 bits per heavy atom. The van der Waals surface area contributed by atoms with Gasteiger partial charge in [-0.1, -0.05) is 154 Å². The molecule has 0 aliphatic heterocycles. The molecular formula is C63H67IrN3O-2. The first-order valence-corrected chi connectivity index (χ1v) is 23.3. The van der Waals surface area contributed by atoms with Crippen LogP contribution in [0.1, 0.15) is 154 Å². The molecule has 68 heavy (non-hydrogen) atoms. The zero-order valence-electron chi connectivity index (χ0n) is 51.5. The van der Waals surface area contributed by atoms with Gasteiger partial charge >= 0.3 is 0 Å². The van der Waals surface area contributed by atoms with Crippen LogP contribution in [0.25, 0.3) is 72.4 Å². The van der Waals surface area contributed by atoms with Crippen molar-refractivity contribution in [3.8, 4) is 39.5 Å². The molecule has 1 radical (unpaired) electrons. The number of para-hydroxylation sites is 3. The van der Waals surface area contributed by atoms with Crippen molar-refractivity contribution in [1.29, 1.82) is 0 Å². The standard InChI is InChI=1S/C46H47N2O.C17H20N.Ir/c1-28(2)37-26-34(32-19-17-31(18-20-32)33-22-24-46(6,7)25-23-33)27-38(29(3)4)43(37)48-40-14-10-9-13-39(40)47-45(48)36-21-16-30(5)42-35-12-8-11-15-41(35)49-44(36)42;1-13-5-8-15(9-6-13)16-10-7-14(12-18-16)11-17(2,3)4;/h8-20,26-29,33H,22-25H2,1-7H3;5-8,10,12H,11H2,1-4H3;/q2*-1;/i5D3,28D,29D,33D;1D3,11D2;. The maximum absolute atomic E-state index is 9.58. The van der Waals surface area contributed by atoms with E-state index in [0.29, 0.717) is 72.5 Å². The van der Waals surface area contributed by atoms with E-state index in [1.165, 1.54) is 18.3 Å². The number of pyridine rings is 1. The van der Waals surface area contributed by atoms with Crippen LogP contribution in [0.2, 0.25) is 0 Å². The predicted octanol–water partition coefficient (Wildman–Crippen LogP) is 17.7. The molecule has 0 spiro atoms. The Bertz CT molecular complexity index is 3620. The average Bonchev–Trinajstić information content (AvgIpc) is 4.07. The van der Waals surface area contributed by atoms with Gasteiger partial charge in [-0.3, -0.25) is 4.98 Å². The van der Waals surface area contributed by atoms with E-state index in [-0.39, 0.29) is 36.6 Å². The molecule has 1 saturated carbocycles. The number of furan rings is 1. The van der Waals surface area contributed by atoms with Gasteiger partial charge in [0.1, 0.15) is 5.58 Å². The Morgan fingerprint density at radius 3 is 2.18 bits per heavy atom. The van der Waals surface area contributed by atoms with E-state index in [1.807, 2.05) is 102 Å². The second-order valence-electron chi connectivity index (χ2n) is 20.2. The number of imidazole rings is 1. The Labute approximate surface area is 434 Å². The van der Waals surface area contributed by atoms with Crippen LogP contribution < -0.4 is 0 Å². The topological polar surface area (TPSA) is 43.9 Å². The van der Waals surface area contributed by atoms with Gasteiger partial charge in [0.15, 0.2) is 0 Å². The molecule has 3 heterocycles. The Morgan fingerprint density at radius 2 is 1.54 bits per heavy atom. The van der Waals surface area contributed by atoms with Crippen LogP contribution in [-0.2, 0) is 26.5 Å². The first kappa shape index (κ1) is 36.4. The molecule has 5 heteroatoms. The quantitative estimate of drug-likeness (QED) is 0.142. The van der Waals surface area contributed by atoms with Gasteiger partial charge in [-0.25, -0.2) is 0 Å². The predicted molar refractivity (Wildman–Crippen MR) is 282 cm³/mol. The molecule has 0 N–H and O–H groups in total. The summed E-state index contributed by atoms with van der Waals surface area (Å²) in [6.45, 7) is 13.0. The van der Waals surface area contributed by atoms with Crippen molar-refractivity contribution in [2.24, 2.45) is 10.8 Å². The van der Waals surface area contributed by atoms with Gasteiger partial charge in [-0.15, -0.1) is 53.1 Å². The van der Waals surface area contributed by atoms with E-state index < -0.39 is 43.2 Å². The van der Waals surface area contributed by atoms with E-state index in [0.717, 1.165) is 47.9 Å². The van der Waals surface area contributed by atoms with E-state index in [9.17, 15) is 4.11 Å². The monoisotopic (exact) mass is 1090 g/mol. The third-order valence-corrected chi connectivity index (χ3v) is 12.9. The molecule has 0 unspecified atom stereocenters. The number of rotatable bonds is 8. The maximum Gasteiger partial charge on any atom is 0.120 e. The van der Waals surface area contributed by atoms with Crippen LogP contribution in [0, 0.1) is 36.7 Å². The van der Waals surface area contributed by atoms with Gasteiger partial charge < -0.3 is 14.0 Å². The minimum Gasteiger partial charge on any atom is -0.501 e. The van der Waals surface area contributed by atoms with Crippen LogP contribution in [0.5, 0.6) is 0 Å². The van der Waals surface area contributed by atoms with Crippen LogP contribution in [0.15, 0.2) is 132 Å². The van der Waals surface area contributed by atoms with Crippen molar-refractivity contribution in [3.63, 3.8) is 0 Å². The van der Waals surface area contributed by atoms with Gasteiger partial charge in [-0.2, -0.15) is 0 Å². The van der Waals surface area contributed by atoms with E-state index >= 15 is 0 Å². The van der Waals surface area contributed by atoms with Gasteiger partial charge in [-0.05, 0) is 130 Å². The summed E-state index contributed by atoms with van der Waals surface area (Å²) in [5, 5.41) is 1.19. The molecule has 4 nitrogen and oxygen atoms in total. The van der Waals surface area contributed by atoms with Gasteiger partial charge in [0, 0.05) is 52.5 Å². The molecule has 1 aliphatic carbocycles. The third-order valence-electron chi connectivity index (χ3n) is 12.9. The summed E-state index contributed by atoms with van der Waals surface area (Å²) in [5.41, 5.74) is 9.83. The van der Waals surface area contributed by atoms with Gasteiger partial charge in [0.2, 0.25) is 0 Å². The second-order valence-corrected chi connectivity index (χ2v) is 20.2. The number of fused-ring (bicyclic) bond motifs is 4. The fourth-order valence-electron chi connectivity index (χ4n) is 9.22. The Hall–Kier alpha value is -5.61. The second kappa shape index (κ2) is 19.8. The zero-order chi connectivity index (χ0) is 56.8. The Balaban J connectivity index is 0.000000288. The van der Waals surface area contributed by atoms with Gasteiger partial charge in [0.25, 0.3) is 0 Å². The SMILES string of the molecule is [2H]C([2H])([2H])c1c[c-]c(-c2ccc(C([2H])([2H])C(C)(C)C)cn2)cc1.[2H]C([2H])([2H])c1c[c-]c(-c2nc3ccccc3n2-c2c(C([2H])(C)C)cc(-c3ccc(C4([2H])CCC(C)(C)CC4)cc3)cc2C([2H])(C)C)c2oc3ccccc3c12.[Ir]. The summed E-state index contributed by atoms with van der Waals surface area (Å²) in [5.74, 6) is -2.36. The molecule has 3 aromatic heterocycles. The van der Waals surface area contributed by atoms with Crippen molar-refractivity contribution in [2.75, 3.05) is 0 Å². The third kappa shape index (κ3) is 10.2. The average molecular weight is 1090 g/mol. The first-order chi connectivity index (χ1) is 36.2. The van der Waals surface area contributed by atoms with Crippen LogP contribution >= 0.6 is 0 Å². The number of aromatic nitrogens is 3. The van der Waals surface area contributed by atoms with Crippen molar-refractivity contribution in [2.45, 2.75) is 126 Å². The number of hydrogen-bond donors (Lipinski definition) is 0. The molecule has 0 bridgehead atoms. The summed E-state index contributed by atoms with van der Waals surface area (Å²) in [6, 6.07) is 43.5. The number of nitrogens with zero attached hydrogens (tertiary/aromatic N) is 3. The summed E-state index contributed by atoms with van der Waals surface area (Å²) in [4.78, 5) is 9.47. The van der Waals surface area contributed by atoms with Crippen LogP contribution in [-0.4, -0.2) is 14.5 Å². The minimum absolute atomic E-state index is 0. The maximum atomic E-state index is 9.58. The van der Waals surface area contributed by atoms with Gasteiger partial charge in [0.05, 0.1) is 22.4 Å². The van der Waals surface area contributed by atoms with E-state index in [2.05, 4.69) is 67.4 Å². The van der Waals surface area contributed by atoms with Crippen molar-refractivity contribution >= 4 is 33.0 Å². The zero-order valence-corrected chi connectivity index (χ0v) is 42.9. The fraction of sp³-hybridized carbons (Fsp3) is 0.333. The van der Waals surface area contributed by atoms with E-state index in [1.54, 1.807) is 24.3 Å². The summed E-state index contributed by atoms with van der Waals surface area (Å²) in [7, 11) is 0. The molecule has 6 aromatic carbocycles. The molecule has 10 rings (SSSR count). The summed E-state index contributed by atoms with van der Waals surface area (Å²) in [6.07, 6.45) is 3.76. The fourth-order valence-corrected chi connectivity index (χ4v) is 9.22. The summed E-state index contributed by atoms with van der Waals surface area (Å²) < 4.78 is 101. The Kier molecular flexibility index (Phi) is 10.6.